The van der Waals surface area contributed by atoms with Crippen molar-refractivity contribution in [2.24, 2.45) is 0 Å². The maximum absolute atomic E-state index is 5.17. The van der Waals surface area contributed by atoms with E-state index in [4.69, 9.17) is 4.98 Å². The largest absolute Gasteiger partial charge is 0.296 e. The molecule has 0 saturated carbocycles. The van der Waals surface area contributed by atoms with Gasteiger partial charge in [0, 0.05) is 21.9 Å². The van der Waals surface area contributed by atoms with E-state index in [-0.39, 0.29) is 5.41 Å². The van der Waals surface area contributed by atoms with Crippen molar-refractivity contribution in [3.05, 3.63) is 163 Å². The van der Waals surface area contributed by atoms with Crippen LogP contribution in [0.2, 0.25) is 0 Å². The average molecular weight is 554 g/mol. The second-order valence-electron chi connectivity index (χ2n) is 11.7. The van der Waals surface area contributed by atoms with Crippen LogP contribution in [0.25, 0.3) is 39.1 Å². The van der Waals surface area contributed by atoms with E-state index < -0.39 is 0 Å². The molecule has 0 atom stereocenters. The van der Waals surface area contributed by atoms with E-state index in [1.54, 1.807) is 0 Å². The second-order valence-corrected chi connectivity index (χ2v) is 11.7. The van der Waals surface area contributed by atoms with Crippen molar-refractivity contribution >= 4 is 28.1 Å². The summed E-state index contributed by atoms with van der Waals surface area (Å²) >= 11 is 0. The van der Waals surface area contributed by atoms with Gasteiger partial charge in [0.15, 0.2) is 0 Å². The first-order chi connectivity index (χ1) is 21.1. The highest BCUT2D eigenvalue weighted by molar-refractivity contribution is 5.94. The Balaban J connectivity index is 1.45. The fraction of sp³-hybridized carbons (Fsp3) is 0.0750. The number of hydrogen-bond donors (Lipinski definition) is 0. The van der Waals surface area contributed by atoms with Crippen molar-refractivity contribution in [2.45, 2.75) is 19.3 Å². The van der Waals surface area contributed by atoms with Gasteiger partial charge < -0.3 is 0 Å². The van der Waals surface area contributed by atoms with Crippen molar-refractivity contribution < 1.29 is 0 Å². The zero-order valence-electron chi connectivity index (χ0n) is 24.3. The van der Waals surface area contributed by atoms with E-state index in [1.165, 1.54) is 27.9 Å². The smallest absolute Gasteiger partial charge is 0.123 e. The van der Waals surface area contributed by atoms with Gasteiger partial charge in [0.1, 0.15) is 5.82 Å². The summed E-state index contributed by atoms with van der Waals surface area (Å²) in [5, 5.41) is 1.19. The summed E-state index contributed by atoms with van der Waals surface area (Å²) < 4.78 is 2.40. The minimum Gasteiger partial charge on any atom is -0.296 e. The van der Waals surface area contributed by atoms with E-state index in [0.29, 0.717) is 0 Å². The Morgan fingerprint density at radius 1 is 0.512 bits per heavy atom. The molecule has 7 aromatic rings. The van der Waals surface area contributed by atoms with Crippen LogP contribution < -0.4 is 4.90 Å². The molecular weight excluding hydrogens is 522 g/mol. The maximum atomic E-state index is 5.17. The molecule has 3 nitrogen and oxygen atoms in total. The standard InChI is InChI=1S/C40H31N3/c1-40(2)32-20-10-13-23-37(32)43(38-24-14-11-21-33(38)40)39-25-30-19-9-12-22-36(30)42(39)31-26-34(28-15-5-3-6-16-28)41-35(27-31)29-17-7-4-8-18-29/h3-27H,1-2H3. The average Bonchev–Trinajstić information content (AvgIpc) is 3.45. The molecule has 0 bridgehead atoms. The molecule has 43 heavy (non-hydrogen) atoms. The van der Waals surface area contributed by atoms with Crippen LogP contribution in [-0.2, 0) is 5.41 Å². The number of benzene rings is 5. The molecule has 0 fully saturated rings. The Kier molecular flexibility index (Phi) is 5.80. The van der Waals surface area contributed by atoms with Crippen molar-refractivity contribution in [1.29, 1.82) is 0 Å². The molecule has 206 valence electrons. The van der Waals surface area contributed by atoms with E-state index in [0.717, 1.165) is 39.5 Å². The zero-order valence-corrected chi connectivity index (χ0v) is 24.3. The van der Waals surface area contributed by atoms with Gasteiger partial charge in [-0.3, -0.25) is 9.47 Å². The van der Waals surface area contributed by atoms with Gasteiger partial charge in [0.2, 0.25) is 0 Å². The third kappa shape index (κ3) is 4.08. The van der Waals surface area contributed by atoms with Crippen LogP contribution >= 0.6 is 0 Å². The number of nitrogens with zero attached hydrogens (tertiary/aromatic N) is 3. The quantitative estimate of drug-likeness (QED) is 0.216. The summed E-state index contributed by atoms with van der Waals surface area (Å²) in [5.74, 6) is 1.10. The molecule has 1 aliphatic heterocycles. The van der Waals surface area contributed by atoms with Crippen LogP contribution in [0.1, 0.15) is 25.0 Å². The first-order valence-corrected chi connectivity index (χ1v) is 14.8. The van der Waals surface area contributed by atoms with Crippen LogP contribution in [-0.4, -0.2) is 9.55 Å². The monoisotopic (exact) mass is 553 g/mol. The van der Waals surface area contributed by atoms with Crippen LogP contribution in [0, 0.1) is 0 Å². The molecule has 3 heteroatoms. The van der Waals surface area contributed by atoms with Gasteiger partial charge >= 0.3 is 0 Å². The third-order valence-corrected chi connectivity index (χ3v) is 8.76. The van der Waals surface area contributed by atoms with Crippen LogP contribution in [0.15, 0.2) is 152 Å². The number of aromatic nitrogens is 2. The molecule has 8 rings (SSSR count). The summed E-state index contributed by atoms with van der Waals surface area (Å²) in [4.78, 5) is 7.62. The lowest BCUT2D eigenvalue weighted by Crippen LogP contribution is -2.31. The Morgan fingerprint density at radius 3 is 1.58 bits per heavy atom. The number of fused-ring (bicyclic) bond motifs is 3. The van der Waals surface area contributed by atoms with Gasteiger partial charge in [-0.1, -0.05) is 129 Å². The molecule has 5 aromatic carbocycles. The molecule has 0 saturated heterocycles. The van der Waals surface area contributed by atoms with Crippen LogP contribution in [0.4, 0.5) is 17.2 Å². The maximum Gasteiger partial charge on any atom is 0.123 e. The number of rotatable bonds is 4. The van der Waals surface area contributed by atoms with Gasteiger partial charge in [-0.15, -0.1) is 0 Å². The number of para-hydroxylation sites is 3. The fourth-order valence-corrected chi connectivity index (χ4v) is 6.65. The molecule has 2 aromatic heterocycles. The van der Waals surface area contributed by atoms with E-state index in [9.17, 15) is 0 Å². The van der Waals surface area contributed by atoms with Gasteiger partial charge in [0.25, 0.3) is 0 Å². The SMILES string of the molecule is CC1(C)c2ccccc2N(c2cc3ccccc3n2-c2cc(-c3ccccc3)nc(-c3ccccc3)c2)c2ccccc21. The lowest BCUT2D eigenvalue weighted by atomic mass is 9.73. The van der Waals surface area contributed by atoms with E-state index in [1.807, 2.05) is 0 Å². The molecule has 0 spiro atoms. The van der Waals surface area contributed by atoms with Crippen molar-refractivity contribution in [1.82, 2.24) is 9.55 Å². The van der Waals surface area contributed by atoms with Crippen molar-refractivity contribution in [2.75, 3.05) is 4.90 Å². The number of anilines is 3. The Hall–Kier alpha value is -5.41. The second kappa shape index (κ2) is 9.85. The fourth-order valence-electron chi connectivity index (χ4n) is 6.65. The van der Waals surface area contributed by atoms with Crippen molar-refractivity contribution in [3.8, 4) is 28.2 Å². The number of hydrogen-bond acceptors (Lipinski definition) is 2. The zero-order chi connectivity index (χ0) is 29.0. The molecule has 0 radical (unpaired) electrons. The third-order valence-electron chi connectivity index (χ3n) is 8.76. The Bertz CT molecular complexity index is 2000. The Labute approximate surface area is 252 Å². The summed E-state index contributed by atoms with van der Waals surface area (Å²) in [6.45, 7) is 4.66. The van der Waals surface area contributed by atoms with Crippen molar-refractivity contribution in [3.63, 3.8) is 0 Å². The summed E-state index contributed by atoms with van der Waals surface area (Å²) in [7, 11) is 0. The van der Waals surface area contributed by atoms with Gasteiger partial charge in [0.05, 0.1) is 34.0 Å². The molecule has 0 N–H and O–H groups in total. The topological polar surface area (TPSA) is 21.1 Å². The van der Waals surface area contributed by atoms with Gasteiger partial charge in [-0.05, 0) is 47.5 Å². The highest BCUT2D eigenvalue weighted by atomic mass is 15.3. The molecular formula is C40H31N3. The molecule has 0 amide bonds. The van der Waals surface area contributed by atoms with Crippen LogP contribution in [0.5, 0.6) is 0 Å². The summed E-state index contributed by atoms with van der Waals surface area (Å²) in [5.41, 5.74) is 11.2. The van der Waals surface area contributed by atoms with E-state index >= 15 is 0 Å². The highest BCUT2D eigenvalue weighted by Crippen LogP contribution is 2.52. The Morgan fingerprint density at radius 2 is 1.00 bits per heavy atom. The molecule has 1 aliphatic rings. The normalized spacial score (nSPS) is 13.5. The van der Waals surface area contributed by atoms with Crippen LogP contribution in [0.3, 0.4) is 0 Å². The molecule has 0 aliphatic carbocycles. The first-order valence-electron chi connectivity index (χ1n) is 14.8. The minimum atomic E-state index is -0.127. The highest BCUT2D eigenvalue weighted by Gasteiger charge is 2.37. The molecule has 0 unspecified atom stereocenters. The first kappa shape index (κ1) is 25.3. The minimum absolute atomic E-state index is 0.127. The predicted octanol–water partition coefficient (Wildman–Crippen LogP) is 10.5. The van der Waals surface area contributed by atoms with Gasteiger partial charge in [-0.25, -0.2) is 4.98 Å². The predicted molar refractivity (Wildman–Crippen MR) is 179 cm³/mol. The lowest BCUT2D eigenvalue weighted by Gasteiger charge is -2.42. The van der Waals surface area contributed by atoms with Gasteiger partial charge in [-0.2, -0.15) is 0 Å². The lowest BCUT2D eigenvalue weighted by molar-refractivity contribution is 0.631. The van der Waals surface area contributed by atoms with E-state index in [2.05, 4.69) is 175 Å². The summed E-state index contributed by atoms with van der Waals surface area (Å²) in [6, 6.07) is 54.1. The summed E-state index contributed by atoms with van der Waals surface area (Å²) in [6.07, 6.45) is 0. The molecule has 3 heterocycles. The number of pyridine rings is 1.